The molecule has 144 valence electrons. The Morgan fingerprint density at radius 3 is 2.52 bits per heavy atom. The number of aliphatic hydroxyl groups excluding tert-OH is 1. The quantitative estimate of drug-likeness (QED) is 0.764. The van der Waals surface area contributed by atoms with Crippen molar-refractivity contribution < 1.29 is 19.5 Å². The number of hydrogen-bond acceptors (Lipinski definition) is 3. The number of piperazine rings is 1. The van der Waals surface area contributed by atoms with E-state index >= 15 is 0 Å². The zero-order chi connectivity index (χ0) is 19.2. The van der Waals surface area contributed by atoms with Crippen molar-refractivity contribution >= 4 is 29.1 Å². The van der Waals surface area contributed by atoms with Gasteiger partial charge in [-0.2, -0.15) is 0 Å². The van der Waals surface area contributed by atoms with Crippen LogP contribution in [0, 0.1) is 0 Å². The highest BCUT2D eigenvalue weighted by Crippen LogP contribution is 2.27. The fourth-order valence-electron chi connectivity index (χ4n) is 3.16. The zero-order valence-corrected chi connectivity index (χ0v) is 16.4. The van der Waals surface area contributed by atoms with Crippen molar-refractivity contribution in [2.75, 3.05) is 39.3 Å². The summed E-state index contributed by atoms with van der Waals surface area (Å²) >= 11 is 11.9. The van der Waals surface area contributed by atoms with Crippen LogP contribution in [0.1, 0.15) is 10.4 Å². The van der Waals surface area contributed by atoms with Crippen molar-refractivity contribution in [3.63, 3.8) is 0 Å². The van der Waals surface area contributed by atoms with Crippen LogP contribution in [0.3, 0.4) is 0 Å². The SMILES string of the molecule is O=C(c1ccccc1)N1CC[NH+](C[C@@H](O)COc2ccc(Cl)cc2Cl)CC1. The molecule has 0 spiro atoms. The lowest BCUT2D eigenvalue weighted by atomic mass is 10.2. The number of carbonyl (C=O) groups excluding carboxylic acids is 1. The molecule has 0 saturated carbocycles. The van der Waals surface area contributed by atoms with E-state index in [1.807, 2.05) is 35.2 Å². The van der Waals surface area contributed by atoms with Crippen molar-refractivity contribution in [3.05, 3.63) is 64.1 Å². The average Bonchev–Trinajstić information content (AvgIpc) is 2.68. The van der Waals surface area contributed by atoms with Gasteiger partial charge in [0.25, 0.3) is 5.91 Å². The Hall–Kier alpha value is -1.79. The number of quaternary nitrogens is 1. The number of benzene rings is 2. The van der Waals surface area contributed by atoms with Crippen LogP contribution in [0.25, 0.3) is 0 Å². The molecule has 0 bridgehead atoms. The molecule has 7 heteroatoms. The number of nitrogens with zero attached hydrogens (tertiary/aromatic N) is 1. The molecule has 2 aromatic carbocycles. The summed E-state index contributed by atoms with van der Waals surface area (Å²) in [6.07, 6.45) is -0.608. The van der Waals surface area contributed by atoms with Crippen molar-refractivity contribution in [1.82, 2.24) is 4.90 Å². The van der Waals surface area contributed by atoms with Crippen LogP contribution in [-0.2, 0) is 0 Å². The first-order chi connectivity index (χ1) is 13.0. The number of amides is 1. The normalized spacial score (nSPS) is 16.2. The van der Waals surface area contributed by atoms with Gasteiger partial charge in [0, 0.05) is 10.6 Å². The Morgan fingerprint density at radius 2 is 1.85 bits per heavy atom. The summed E-state index contributed by atoms with van der Waals surface area (Å²) < 4.78 is 5.59. The molecule has 1 heterocycles. The Bertz CT molecular complexity index is 765. The summed E-state index contributed by atoms with van der Waals surface area (Å²) in [6, 6.07) is 14.3. The molecule has 1 saturated heterocycles. The van der Waals surface area contributed by atoms with E-state index < -0.39 is 6.10 Å². The predicted octanol–water partition coefficient (Wildman–Crippen LogP) is 1.77. The average molecular weight is 410 g/mol. The maximum Gasteiger partial charge on any atom is 0.254 e. The summed E-state index contributed by atoms with van der Waals surface area (Å²) in [5.41, 5.74) is 0.717. The van der Waals surface area contributed by atoms with Gasteiger partial charge in [-0.1, -0.05) is 41.4 Å². The van der Waals surface area contributed by atoms with E-state index in [2.05, 4.69) is 0 Å². The number of ether oxygens (including phenoxy) is 1. The van der Waals surface area contributed by atoms with E-state index in [-0.39, 0.29) is 12.5 Å². The van der Waals surface area contributed by atoms with E-state index in [0.717, 1.165) is 13.1 Å². The minimum absolute atomic E-state index is 0.0657. The van der Waals surface area contributed by atoms with Gasteiger partial charge in [0.05, 0.1) is 31.2 Å². The minimum atomic E-state index is -0.608. The number of aliphatic hydroxyl groups is 1. The van der Waals surface area contributed by atoms with Crippen LogP contribution < -0.4 is 9.64 Å². The summed E-state index contributed by atoms with van der Waals surface area (Å²) in [7, 11) is 0. The first kappa shape index (κ1) is 20.0. The second-order valence-electron chi connectivity index (χ2n) is 6.65. The standard InChI is InChI=1S/C20H22Cl2N2O3/c21-16-6-7-19(18(22)12-16)27-14-17(25)13-23-8-10-24(11-9-23)20(26)15-4-2-1-3-5-15/h1-7,12,17,25H,8-11,13-14H2/p+1/t17-/m1/s1. The molecule has 27 heavy (non-hydrogen) atoms. The number of hydrogen-bond donors (Lipinski definition) is 2. The topological polar surface area (TPSA) is 54.2 Å². The fourth-order valence-corrected chi connectivity index (χ4v) is 3.63. The molecule has 1 amide bonds. The molecule has 1 aliphatic rings. The molecular formula is C20H23Cl2N2O3+. The highest BCUT2D eigenvalue weighted by molar-refractivity contribution is 6.35. The maximum absolute atomic E-state index is 12.5. The van der Waals surface area contributed by atoms with E-state index in [1.165, 1.54) is 4.90 Å². The first-order valence-electron chi connectivity index (χ1n) is 8.97. The molecule has 1 aliphatic heterocycles. The predicted molar refractivity (Wildman–Crippen MR) is 106 cm³/mol. The summed E-state index contributed by atoms with van der Waals surface area (Å²) in [5.74, 6) is 0.573. The van der Waals surface area contributed by atoms with Gasteiger partial charge in [0.1, 0.15) is 25.0 Å². The summed E-state index contributed by atoms with van der Waals surface area (Å²) in [6.45, 7) is 3.70. The van der Waals surface area contributed by atoms with Gasteiger partial charge in [-0.15, -0.1) is 0 Å². The maximum atomic E-state index is 12.5. The number of rotatable bonds is 6. The first-order valence-corrected chi connectivity index (χ1v) is 9.72. The van der Waals surface area contributed by atoms with E-state index in [1.54, 1.807) is 18.2 Å². The molecule has 2 aromatic rings. The molecule has 0 aromatic heterocycles. The third kappa shape index (κ3) is 5.59. The number of carbonyl (C=O) groups is 1. The molecule has 2 N–H and O–H groups in total. The monoisotopic (exact) mass is 409 g/mol. The minimum Gasteiger partial charge on any atom is -0.489 e. The summed E-state index contributed by atoms with van der Waals surface area (Å²) in [4.78, 5) is 15.6. The van der Waals surface area contributed by atoms with Gasteiger partial charge >= 0.3 is 0 Å². The van der Waals surface area contributed by atoms with Crippen LogP contribution in [-0.4, -0.2) is 61.3 Å². The Labute approximate surface area is 169 Å². The fraction of sp³-hybridized carbons (Fsp3) is 0.350. The van der Waals surface area contributed by atoms with E-state index in [4.69, 9.17) is 27.9 Å². The van der Waals surface area contributed by atoms with Crippen molar-refractivity contribution in [3.8, 4) is 5.75 Å². The van der Waals surface area contributed by atoms with Gasteiger partial charge in [-0.05, 0) is 30.3 Å². The second kappa shape index (κ2) is 9.42. The van der Waals surface area contributed by atoms with Crippen LogP contribution in [0.5, 0.6) is 5.75 Å². The van der Waals surface area contributed by atoms with Gasteiger partial charge < -0.3 is 19.6 Å². The molecule has 0 aliphatic carbocycles. The third-order valence-corrected chi connectivity index (χ3v) is 5.16. The Morgan fingerprint density at radius 1 is 1.15 bits per heavy atom. The largest absolute Gasteiger partial charge is 0.489 e. The summed E-state index contributed by atoms with van der Waals surface area (Å²) in [5, 5.41) is 11.2. The number of halogens is 2. The molecule has 3 rings (SSSR count). The van der Waals surface area contributed by atoms with Gasteiger partial charge in [0.15, 0.2) is 0 Å². The van der Waals surface area contributed by atoms with Crippen molar-refractivity contribution in [2.45, 2.75) is 6.10 Å². The highest BCUT2D eigenvalue weighted by atomic mass is 35.5. The second-order valence-corrected chi connectivity index (χ2v) is 7.50. The van der Waals surface area contributed by atoms with Gasteiger partial charge in [0.2, 0.25) is 0 Å². The molecule has 0 radical (unpaired) electrons. The highest BCUT2D eigenvalue weighted by Gasteiger charge is 2.26. The van der Waals surface area contributed by atoms with Gasteiger partial charge in [-0.25, -0.2) is 0 Å². The van der Waals surface area contributed by atoms with Crippen LogP contribution in [0.4, 0.5) is 0 Å². The molecule has 0 unspecified atom stereocenters. The van der Waals surface area contributed by atoms with Crippen molar-refractivity contribution in [2.24, 2.45) is 0 Å². The van der Waals surface area contributed by atoms with Gasteiger partial charge in [-0.3, -0.25) is 4.79 Å². The lowest BCUT2D eigenvalue weighted by Crippen LogP contribution is -3.16. The molecule has 1 fully saturated rings. The van der Waals surface area contributed by atoms with Crippen LogP contribution >= 0.6 is 23.2 Å². The molecule has 5 nitrogen and oxygen atoms in total. The van der Waals surface area contributed by atoms with E-state index in [0.29, 0.717) is 41.0 Å². The smallest absolute Gasteiger partial charge is 0.254 e. The Balaban J connectivity index is 1.42. The molecular weight excluding hydrogens is 387 g/mol. The lowest BCUT2D eigenvalue weighted by Gasteiger charge is -2.33. The van der Waals surface area contributed by atoms with Crippen LogP contribution in [0.15, 0.2) is 48.5 Å². The van der Waals surface area contributed by atoms with Crippen molar-refractivity contribution in [1.29, 1.82) is 0 Å². The zero-order valence-electron chi connectivity index (χ0n) is 14.9. The van der Waals surface area contributed by atoms with E-state index in [9.17, 15) is 9.90 Å². The van der Waals surface area contributed by atoms with Crippen LogP contribution in [0.2, 0.25) is 10.0 Å². The lowest BCUT2D eigenvalue weighted by molar-refractivity contribution is -0.907. The number of nitrogens with one attached hydrogen (secondary N) is 1. The molecule has 1 atom stereocenters. The Kier molecular flexibility index (Phi) is 6.96. The third-order valence-electron chi connectivity index (χ3n) is 4.63.